The van der Waals surface area contributed by atoms with Gasteiger partial charge < -0.3 is 14.2 Å². The zero-order valence-electron chi connectivity index (χ0n) is 33.4. The van der Waals surface area contributed by atoms with Crippen molar-refractivity contribution in [2.75, 3.05) is 9.80 Å². The van der Waals surface area contributed by atoms with Crippen LogP contribution in [-0.4, -0.2) is 0 Å². The van der Waals surface area contributed by atoms with Crippen molar-refractivity contribution >= 4 is 66.8 Å². The quantitative estimate of drug-likeness (QED) is 0.145. The molecule has 0 amide bonds. The van der Waals surface area contributed by atoms with Gasteiger partial charge in [-0.2, -0.15) is 0 Å². The summed E-state index contributed by atoms with van der Waals surface area (Å²) in [4.78, 5) is 4.69. The Morgan fingerprint density at radius 3 is 1.21 bits per heavy atom. The smallest absolute Gasteiger partial charge is 0.143 e. The highest BCUT2D eigenvalue weighted by molar-refractivity contribution is 6.22. The molecule has 0 aliphatic heterocycles. The van der Waals surface area contributed by atoms with Gasteiger partial charge in [0.1, 0.15) is 11.2 Å². The molecule has 61 heavy (non-hydrogen) atoms. The number of hydrogen-bond donors (Lipinski definition) is 0. The van der Waals surface area contributed by atoms with Gasteiger partial charge in [-0.05, 0) is 106 Å². The van der Waals surface area contributed by atoms with Gasteiger partial charge in [0.25, 0.3) is 0 Å². The molecule has 0 atom stereocenters. The van der Waals surface area contributed by atoms with Gasteiger partial charge in [-0.25, -0.2) is 0 Å². The summed E-state index contributed by atoms with van der Waals surface area (Å²) in [7, 11) is 0. The second kappa shape index (κ2) is 15.6. The second-order valence-corrected chi connectivity index (χ2v) is 15.3. The van der Waals surface area contributed by atoms with Gasteiger partial charge in [-0.1, -0.05) is 170 Å². The summed E-state index contributed by atoms with van der Waals surface area (Å²) in [6, 6.07) is 86.3. The standard InChI is InChI=1S/C58H40N2O/c1-5-16-41(17-6-1)43-28-34-49(35-29-43)60(50-36-30-44(31-37-50)42-18-7-2-8-19-42)55-40-54-57-51(26-15-27-56(57)61-58(54)53-25-14-13-24-52(53)55)45-32-38-48(39-33-45)59(46-20-9-3-10-21-46)47-22-11-4-12-23-47/h1-40H. The molecule has 11 rings (SSSR count). The summed E-state index contributed by atoms with van der Waals surface area (Å²) in [5.74, 6) is 0. The van der Waals surface area contributed by atoms with E-state index in [-0.39, 0.29) is 0 Å². The van der Waals surface area contributed by atoms with Gasteiger partial charge in [-0.15, -0.1) is 0 Å². The third-order valence-corrected chi connectivity index (χ3v) is 11.7. The Labute approximate surface area is 355 Å². The van der Waals surface area contributed by atoms with Crippen LogP contribution in [0.4, 0.5) is 34.1 Å². The highest BCUT2D eigenvalue weighted by atomic mass is 16.3. The van der Waals surface area contributed by atoms with Gasteiger partial charge in [0.2, 0.25) is 0 Å². The van der Waals surface area contributed by atoms with Crippen molar-refractivity contribution in [2.24, 2.45) is 0 Å². The number of fused-ring (bicyclic) bond motifs is 5. The van der Waals surface area contributed by atoms with Crippen LogP contribution < -0.4 is 9.80 Å². The van der Waals surface area contributed by atoms with Crippen molar-refractivity contribution in [2.45, 2.75) is 0 Å². The molecule has 0 spiro atoms. The maximum Gasteiger partial charge on any atom is 0.143 e. The van der Waals surface area contributed by atoms with E-state index < -0.39 is 0 Å². The molecule has 0 unspecified atom stereocenters. The molecule has 3 heteroatoms. The van der Waals surface area contributed by atoms with E-state index in [1.807, 2.05) is 0 Å². The number of para-hydroxylation sites is 2. The minimum atomic E-state index is 0.861. The van der Waals surface area contributed by atoms with E-state index >= 15 is 0 Å². The van der Waals surface area contributed by atoms with Crippen LogP contribution in [0.25, 0.3) is 66.1 Å². The highest BCUT2D eigenvalue weighted by Gasteiger charge is 2.22. The average Bonchev–Trinajstić information content (AvgIpc) is 3.73. The van der Waals surface area contributed by atoms with Crippen LogP contribution in [0.15, 0.2) is 247 Å². The Kier molecular flexibility index (Phi) is 9.18. The molecule has 3 nitrogen and oxygen atoms in total. The van der Waals surface area contributed by atoms with Gasteiger partial charge in [-0.3, -0.25) is 0 Å². The Balaban J connectivity index is 1.08. The lowest BCUT2D eigenvalue weighted by Gasteiger charge is -2.27. The molecule has 0 saturated carbocycles. The summed E-state index contributed by atoms with van der Waals surface area (Å²) in [5, 5.41) is 4.35. The topological polar surface area (TPSA) is 19.6 Å². The first-order valence-electron chi connectivity index (χ1n) is 20.8. The predicted octanol–water partition coefficient (Wildman–Crippen LogP) is 16.7. The first-order chi connectivity index (χ1) is 30.3. The largest absolute Gasteiger partial charge is 0.455 e. The van der Waals surface area contributed by atoms with Gasteiger partial charge in [0.05, 0.1) is 5.69 Å². The van der Waals surface area contributed by atoms with Crippen LogP contribution in [0, 0.1) is 0 Å². The number of nitrogens with zero attached hydrogens (tertiary/aromatic N) is 2. The average molecular weight is 781 g/mol. The summed E-state index contributed by atoms with van der Waals surface area (Å²) in [5.41, 5.74) is 15.3. The van der Waals surface area contributed by atoms with Crippen LogP contribution in [-0.2, 0) is 0 Å². The molecule has 11 aromatic rings. The van der Waals surface area contributed by atoms with E-state index in [0.29, 0.717) is 0 Å². The SMILES string of the molecule is c1ccc(-c2ccc(N(c3ccc(-c4ccccc4)cc3)c3cc4c(oc5cccc(-c6ccc(N(c7ccccc7)c7ccccc7)cc6)c54)c4ccccc34)cc2)cc1. The van der Waals surface area contributed by atoms with Crippen LogP contribution in [0.5, 0.6) is 0 Å². The van der Waals surface area contributed by atoms with E-state index in [1.165, 1.54) is 22.3 Å². The molecule has 0 N–H and O–H groups in total. The number of rotatable bonds is 9. The third kappa shape index (κ3) is 6.69. The first-order valence-corrected chi connectivity index (χ1v) is 20.8. The zero-order valence-corrected chi connectivity index (χ0v) is 33.4. The molecule has 288 valence electrons. The minimum absolute atomic E-state index is 0.861. The normalized spacial score (nSPS) is 11.3. The molecule has 0 aliphatic rings. The summed E-state index contributed by atoms with van der Waals surface area (Å²) in [6.07, 6.45) is 0. The maximum atomic E-state index is 6.85. The Morgan fingerprint density at radius 2 is 0.689 bits per heavy atom. The van der Waals surface area contributed by atoms with E-state index in [9.17, 15) is 0 Å². The summed E-state index contributed by atoms with van der Waals surface area (Å²) >= 11 is 0. The van der Waals surface area contributed by atoms with E-state index in [1.54, 1.807) is 0 Å². The van der Waals surface area contributed by atoms with Crippen molar-refractivity contribution in [3.8, 4) is 33.4 Å². The van der Waals surface area contributed by atoms with E-state index in [4.69, 9.17) is 4.42 Å². The second-order valence-electron chi connectivity index (χ2n) is 15.3. The highest BCUT2D eigenvalue weighted by Crippen LogP contribution is 2.47. The van der Waals surface area contributed by atoms with Crippen LogP contribution in [0.3, 0.4) is 0 Å². The van der Waals surface area contributed by atoms with Crippen LogP contribution in [0.2, 0.25) is 0 Å². The molecule has 10 aromatic carbocycles. The molecule has 1 heterocycles. The fraction of sp³-hybridized carbons (Fsp3) is 0. The van der Waals surface area contributed by atoms with Crippen molar-refractivity contribution in [1.82, 2.24) is 0 Å². The maximum absolute atomic E-state index is 6.85. The van der Waals surface area contributed by atoms with Gasteiger partial charge in [0.15, 0.2) is 0 Å². The lowest BCUT2D eigenvalue weighted by atomic mass is 9.96. The molecule has 0 radical (unpaired) electrons. The summed E-state index contributed by atoms with van der Waals surface area (Å²) < 4.78 is 6.85. The Hall–Kier alpha value is -8.14. The lowest BCUT2D eigenvalue weighted by Crippen LogP contribution is -2.10. The zero-order chi connectivity index (χ0) is 40.5. The Bertz CT molecular complexity index is 3130. The van der Waals surface area contributed by atoms with Crippen LogP contribution >= 0.6 is 0 Å². The summed E-state index contributed by atoms with van der Waals surface area (Å²) in [6.45, 7) is 0. The lowest BCUT2D eigenvalue weighted by molar-refractivity contribution is 0.673. The Morgan fingerprint density at radius 1 is 0.279 bits per heavy atom. The minimum Gasteiger partial charge on any atom is -0.455 e. The van der Waals surface area contributed by atoms with Crippen molar-refractivity contribution < 1.29 is 4.42 Å². The van der Waals surface area contributed by atoms with Gasteiger partial charge >= 0.3 is 0 Å². The molecule has 1 aromatic heterocycles. The monoisotopic (exact) mass is 780 g/mol. The van der Waals surface area contributed by atoms with E-state index in [2.05, 4.69) is 252 Å². The van der Waals surface area contributed by atoms with Crippen molar-refractivity contribution in [1.29, 1.82) is 0 Å². The molecular weight excluding hydrogens is 741 g/mol. The van der Waals surface area contributed by atoms with Crippen molar-refractivity contribution in [3.63, 3.8) is 0 Å². The molecular formula is C58H40N2O. The fourth-order valence-corrected chi connectivity index (χ4v) is 8.74. The molecule has 0 aliphatic carbocycles. The predicted molar refractivity (Wildman–Crippen MR) is 257 cm³/mol. The number of hydrogen-bond acceptors (Lipinski definition) is 3. The fourth-order valence-electron chi connectivity index (χ4n) is 8.74. The molecule has 0 saturated heterocycles. The van der Waals surface area contributed by atoms with Crippen LogP contribution in [0.1, 0.15) is 0 Å². The van der Waals surface area contributed by atoms with Gasteiger partial charge in [0, 0.05) is 50.0 Å². The number of furan rings is 1. The number of benzene rings is 10. The number of anilines is 6. The van der Waals surface area contributed by atoms with E-state index in [0.717, 1.165) is 78.0 Å². The molecule has 0 bridgehead atoms. The third-order valence-electron chi connectivity index (χ3n) is 11.7. The molecule has 0 fully saturated rings. The first kappa shape index (κ1) is 36.0. The van der Waals surface area contributed by atoms with Crippen molar-refractivity contribution in [3.05, 3.63) is 243 Å².